The summed E-state index contributed by atoms with van der Waals surface area (Å²) >= 11 is 4.77. The molecule has 1 aliphatic rings. The van der Waals surface area contributed by atoms with E-state index in [1.165, 1.54) is 11.3 Å². The predicted molar refractivity (Wildman–Crippen MR) is 72.7 cm³/mol. The highest BCUT2D eigenvalue weighted by atomic mass is 79.9. The van der Waals surface area contributed by atoms with Crippen molar-refractivity contribution in [1.29, 1.82) is 0 Å². The van der Waals surface area contributed by atoms with Gasteiger partial charge in [-0.3, -0.25) is 0 Å². The Bertz CT molecular complexity index is 512. The predicted octanol–water partition coefficient (Wildman–Crippen LogP) is 1.93. The van der Waals surface area contributed by atoms with Crippen LogP contribution in [0, 0.1) is 6.92 Å². The highest BCUT2D eigenvalue weighted by Crippen LogP contribution is 2.34. The van der Waals surface area contributed by atoms with Gasteiger partial charge in [-0.25, -0.2) is 8.42 Å². The van der Waals surface area contributed by atoms with Gasteiger partial charge in [-0.2, -0.15) is 4.31 Å². The van der Waals surface area contributed by atoms with E-state index in [1.54, 1.807) is 10.4 Å². The minimum atomic E-state index is -3.38. The molecule has 1 aliphatic heterocycles. The van der Waals surface area contributed by atoms with Crippen LogP contribution in [0.5, 0.6) is 0 Å². The van der Waals surface area contributed by atoms with Crippen molar-refractivity contribution < 1.29 is 8.42 Å². The zero-order valence-electron chi connectivity index (χ0n) is 9.52. The number of thiophene rings is 1. The largest absolute Gasteiger partial charge is 0.329 e. The summed E-state index contributed by atoms with van der Waals surface area (Å²) in [5.74, 6) is 0. The first-order valence-corrected chi connectivity index (χ1v) is 8.49. The van der Waals surface area contributed by atoms with Crippen LogP contribution < -0.4 is 5.73 Å². The second-order valence-corrected chi connectivity index (χ2v) is 8.61. The Balaban J connectivity index is 2.39. The highest BCUT2D eigenvalue weighted by molar-refractivity contribution is 9.11. The normalized spacial score (nSPS) is 22.2. The lowest BCUT2D eigenvalue weighted by atomic mass is 10.2. The minimum absolute atomic E-state index is 0.0434. The molecule has 1 saturated heterocycles. The van der Waals surface area contributed by atoms with Crippen LogP contribution in [0.1, 0.15) is 17.7 Å². The maximum atomic E-state index is 12.5. The van der Waals surface area contributed by atoms with Crippen LogP contribution in [0.15, 0.2) is 14.7 Å². The third-order valence-electron chi connectivity index (χ3n) is 3.02. The standard InChI is InChI=1S/C10H15BrN2O2S2/c1-7-9(5-10(11)16-7)17(14,15)13-4-2-3-8(13)6-12/h5,8H,2-4,6,12H2,1H3/t8-/m1/s1. The molecule has 1 fully saturated rings. The fourth-order valence-electron chi connectivity index (χ4n) is 2.17. The Labute approximate surface area is 114 Å². The van der Waals surface area contributed by atoms with Gasteiger partial charge in [0.15, 0.2) is 0 Å². The molecule has 2 heterocycles. The molecular weight excluding hydrogens is 324 g/mol. The summed E-state index contributed by atoms with van der Waals surface area (Å²) in [6.07, 6.45) is 1.76. The lowest BCUT2D eigenvalue weighted by molar-refractivity contribution is 0.393. The van der Waals surface area contributed by atoms with E-state index >= 15 is 0 Å². The van der Waals surface area contributed by atoms with Crippen LogP contribution in [-0.2, 0) is 10.0 Å². The van der Waals surface area contributed by atoms with Crippen molar-refractivity contribution >= 4 is 37.3 Å². The van der Waals surface area contributed by atoms with E-state index in [9.17, 15) is 8.42 Å². The molecule has 1 aromatic rings. The summed E-state index contributed by atoms with van der Waals surface area (Å²) in [5.41, 5.74) is 5.63. The maximum Gasteiger partial charge on any atom is 0.244 e. The summed E-state index contributed by atoms with van der Waals surface area (Å²) in [4.78, 5) is 1.23. The van der Waals surface area contributed by atoms with E-state index in [1.807, 2.05) is 6.92 Å². The molecule has 2 rings (SSSR count). The minimum Gasteiger partial charge on any atom is -0.329 e. The van der Waals surface area contributed by atoms with E-state index in [4.69, 9.17) is 5.73 Å². The van der Waals surface area contributed by atoms with Gasteiger partial charge in [-0.05, 0) is 41.8 Å². The Morgan fingerprint density at radius 3 is 2.88 bits per heavy atom. The number of hydrogen-bond acceptors (Lipinski definition) is 4. The molecule has 2 N–H and O–H groups in total. The van der Waals surface area contributed by atoms with Crippen LogP contribution in [0.25, 0.3) is 0 Å². The monoisotopic (exact) mass is 338 g/mol. The average molecular weight is 339 g/mol. The molecule has 1 aromatic heterocycles. The van der Waals surface area contributed by atoms with Gasteiger partial charge in [0.1, 0.15) is 0 Å². The van der Waals surface area contributed by atoms with Crippen LogP contribution in [0.3, 0.4) is 0 Å². The number of nitrogens with two attached hydrogens (primary N) is 1. The van der Waals surface area contributed by atoms with Gasteiger partial charge in [-0.1, -0.05) is 0 Å². The Kier molecular flexibility index (Phi) is 3.94. The van der Waals surface area contributed by atoms with Crippen molar-refractivity contribution in [2.45, 2.75) is 30.7 Å². The molecule has 0 unspecified atom stereocenters. The van der Waals surface area contributed by atoms with E-state index in [-0.39, 0.29) is 6.04 Å². The molecule has 0 aliphatic carbocycles. The molecule has 7 heteroatoms. The zero-order valence-corrected chi connectivity index (χ0v) is 12.7. The number of halogens is 1. The second-order valence-electron chi connectivity index (χ2n) is 4.12. The number of hydrogen-bond donors (Lipinski definition) is 1. The molecule has 1 atom stereocenters. The molecular formula is C10H15BrN2O2S2. The van der Waals surface area contributed by atoms with E-state index < -0.39 is 10.0 Å². The summed E-state index contributed by atoms with van der Waals surface area (Å²) < 4.78 is 27.4. The molecule has 0 amide bonds. The summed E-state index contributed by atoms with van der Waals surface area (Å²) in [7, 11) is -3.38. The van der Waals surface area contributed by atoms with Crippen molar-refractivity contribution in [2.75, 3.05) is 13.1 Å². The van der Waals surface area contributed by atoms with Gasteiger partial charge < -0.3 is 5.73 Å². The third kappa shape index (κ3) is 2.44. The maximum absolute atomic E-state index is 12.5. The SMILES string of the molecule is Cc1sc(Br)cc1S(=O)(=O)N1CCC[C@@H]1CN. The molecule has 0 radical (unpaired) electrons. The highest BCUT2D eigenvalue weighted by Gasteiger charge is 2.35. The molecule has 0 aromatic carbocycles. The Morgan fingerprint density at radius 1 is 1.65 bits per heavy atom. The van der Waals surface area contributed by atoms with Gasteiger partial charge in [0, 0.05) is 24.0 Å². The number of sulfonamides is 1. The number of aryl methyl sites for hydroxylation is 1. The first-order chi connectivity index (χ1) is 7.96. The van der Waals surface area contributed by atoms with Gasteiger partial charge >= 0.3 is 0 Å². The van der Waals surface area contributed by atoms with E-state index in [0.29, 0.717) is 18.0 Å². The molecule has 96 valence electrons. The van der Waals surface area contributed by atoms with E-state index in [0.717, 1.165) is 21.5 Å². The van der Waals surface area contributed by atoms with Crippen LogP contribution >= 0.6 is 27.3 Å². The summed E-state index contributed by atoms with van der Waals surface area (Å²) in [5, 5.41) is 0. The van der Waals surface area contributed by atoms with Crippen LogP contribution in [0.2, 0.25) is 0 Å². The lowest BCUT2D eigenvalue weighted by Gasteiger charge is -2.22. The quantitative estimate of drug-likeness (QED) is 0.915. The first kappa shape index (κ1) is 13.5. The third-order valence-corrected chi connectivity index (χ3v) is 6.78. The van der Waals surface area contributed by atoms with Crippen molar-refractivity contribution in [1.82, 2.24) is 4.31 Å². The van der Waals surface area contributed by atoms with Crippen molar-refractivity contribution in [3.8, 4) is 0 Å². The Morgan fingerprint density at radius 2 is 2.35 bits per heavy atom. The molecule has 4 nitrogen and oxygen atoms in total. The van der Waals surface area contributed by atoms with Crippen LogP contribution in [0.4, 0.5) is 0 Å². The van der Waals surface area contributed by atoms with Crippen LogP contribution in [-0.4, -0.2) is 31.9 Å². The van der Waals surface area contributed by atoms with Gasteiger partial charge in [-0.15, -0.1) is 11.3 Å². The van der Waals surface area contributed by atoms with Crippen molar-refractivity contribution in [3.05, 3.63) is 14.7 Å². The average Bonchev–Trinajstić information content (AvgIpc) is 2.84. The van der Waals surface area contributed by atoms with Gasteiger partial charge in [0.05, 0.1) is 8.68 Å². The lowest BCUT2D eigenvalue weighted by Crippen LogP contribution is -2.39. The molecule has 0 saturated carbocycles. The molecule has 17 heavy (non-hydrogen) atoms. The fraction of sp³-hybridized carbons (Fsp3) is 0.600. The van der Waals surface area contributed by atoms with Crippen molar-refractivity contribution in [2.24, 2.45) is 5.73 Å². The van der Waals surface area contributed by atoms with Crippen molar-refractivity contribution in [3.63, 3.8) is 0 Å². The molecule has 0 spiro atoms. The summed E-state index contributed by atoms with van der Waals surface area (Å²) in [6.45, 7) is 2.80. The fourth-order valence-corrected chi connectivity index (χ4v) is 6.26. The van der Waals surface area contributed by atoms with E-state index in [2.05, 4.69) is 15.9 Å². The second kappa shape index (κ2) is 4.97. The summed E-state index contributed by atoms with van der Waals surface area (Å²) in [6, 6.07) is 1.64. The Hall–Kier alpha value is 0.0500. The smallest absolute Gasteiger partial charge is 0.244 e. The van der Waals surface area contributed by atoms with Gasteiger partial charge in [0.25, 0.3) is 0 Å². The number of nitrogens with zero attached hydrogens (tertiary/aromatic N) is 1. The molecule has 0 bridgehead atoms. The zero-order chi connectivity index (χ0) is 12.6. The topological polar surface area (TPSA) is 63.4 Å². The van der Waals surface area contributed by atoms with Gasteiger partial charge in [0.2, 0.25) is 10.0 Å². The first-order valence-electron chi connectivity index (χ1n) is 5.44. The number of rotatable bonds is 3.